The van der Waals surface area contributed by atoms with Gasteiger partial charge in [-0.1, -0.05) is 0 Å². The zero-order chi connectivity index (χ0) is 16.5. The fourth-order valence-corrected chi connectivity index (χ4v) is 3.63. The molecule has 3 heterocycles. The second kappa shape index (κ2) is 6.24. The third-order valence-corrected chi connectivity index (χ3v) is 4.82. The number of nitrogens with one attached hydrogen (secondary N) is 2. The highest BCUT2D eigenvalue weighted by molar-refractivity contribution is 5.94. The molecule has 0 unspecified atom stereocenters. The maximum atomic E-state index is 12.4. The molecule has 0 radical (unpaired) electrons. The Morgan fingerprint density at radius 3 is 2.71 bits per heavy atom. The van der Waals surface area contributed by atoms with E-state index in [2.05, 4.69) is 15.6 Å². The van der Waals surface area contributed by atoms with Crippen molar-refractivity contribution in [2.45, 2.75) is 44.3 Å². The van der Waals surface area contributed by atoms with Gasteiger partial charge in [-0.15, -0.1) is 0 Å². The van der Waals surface area contributed by atoms with E-state index in [1.807, 2.05) is 25.1 Å². The zero-order valence-corrected chi connectivity index (χ0v) is 13.7. The Labute approximate surface area is 141 Å². The van der Waals surface area contributed by atoms with E-state index in [4.69, 9.17) is 4.74 Å². The van der Waals surface area contributed by atoms with Crippen LogP contribution >= 0.6 is 0 Å². The number of aromatic nitrogens is 1. The van der Waals surface area contributed by atoms with Gasteiger partial charge in [0.25, 0.3) is 5.91 Å². The van der Waals surface area contributed by atoms with Crippen LogP contribution in [-0.2, 0) is 0 Å². The molecule has 4 rings (SSSR count). The van der Waals surface area contributed by atoms with E-state index in [9.17, 15) is 4.79 Å². The Hall–Kier alpha value is -2.40. The highest BCUT2D eigenvalue weighted by atomic mass is 16.5. The molecule has 2 fully saturated rings. The number of pyridine rings is 1. The topological polar surface area (TPSA) is 63.2 Å². The van der Waals surface area contributed by atoms with Crippen LogP contribution in [0.3, 0.4) is 0 Å². The average molecular weight is 323 g/mol. The van der Waals surface area contributed by atoms with Gasteiger partial charge in [-0.2, -0.15) is 0 Å². The molecule has 1 aromatic heterocycles. The number of nitrogens with zero attached hydrogens (tertiary/aromatic N) is 1. The molecule has 2 aromatic rings. The minimum absolute atomic E-state index is 0.0156. The molecule has 2 bridgehead atoms. The smallest absolute Gasteiger partial charge is 0.251 e. The molecule has 0 spiro atoms. The quantitative estimate of drug-likeness (QED) is 0.908. The summed E-state index contributed by atoms with van der Waals surface area (Å²) in [5.41, 5.74) is 1.70. The Bertz CT molecular complexity index is 745. The average Bonchev–Trinajstić information content (AvgIpc) is 3.18. The molecule has 0 aliphatic carbocycles. The maximum absolute atomic E-state index is 12.4. The van der Waals surface area contributed by atoms with Crippen LogP contribution in [-0.4, -0.2) is 29.0 Å². The molecule has 2 N–H and O–H groups in total. The summed E-state index contributed by atoms with van der Waals surface area (Å²) in [6.07, 6.45) is 6.89. The van der Waals surface area contributed by atoms with Crippen LogP contribution in [0.5, 0.6) is 11.5 Å². The van der Waals surface area contributed by atoms with Crippen molar-refractivity contribution >= 4 is 5.91 Å². The summed E-state index contributed by atoms with van der Waals surface area (Å²) in [5, 5.41) is 6.69. The summed E-state index contributed by atoms with van der Waals surface area (Å²) in [4.78, 5) is 16.5. The van der Waals surface area contributed by atoms with Crippen LogP contribution in [0.4, 0.5) is 0 Å². The van der Waals surface area contributed by atoms with Gasteiger partial charge < -0.3 is 15.4 Å². The summed E-state index contributed by atoms with van der Waals surface area (Å²) in [6.45, 7) is 1.97. The highest BCUT2D eigenvalue weighted by Crippen LogP contribution is 2.28. The number of benzene rings is 1. The number of ether oxygens (including phenoxy) is 1. The minimum atomic E-state index is -0.0156. The molecule has 0 saturated carbocycles. The molecule has 24 heavy (non-hydrogen) atoms. The van der Waals surface area contributed by atoms with Crippen molar-refractivity contribution in [3.8, 4) is 11.5 Å². The standard InChI is InChI=1S/C19H21N3O2/c1-12-8-16(11-20-10-12)24-15-5-2-13(3-6-15)19(23)22-18-9-14-4-7-17(18)21-14/h2-3,5-6,8,10-11,14,17-18,21H,4,7,9H2,1H3,(H,22,23)/t14-,17+,18-/m1/s1. The van der Waals surface area contributed by atoms with E-state index in [1.54, 1.807) is 24.5 Å². The van der Waals surface area contributed by atoms with Gasteiger partial charge >= 0.3 is 0 Å². The lowest BCUT2D eigenvalue weighted by Crippen LogP contribution is -2.42. The zero-order valence-electron chi connectivity index (χ0n) is 13.7. The minimum Gasteiger partial charge on any atom is -0.456 e. The van der Waals surface area contributed by atoms with Crippen molar-refractivity contribution in [2.24, 2.45) is 0 Å². The molecule has 5 nitrogen and oxygen atoms in total. The SMILES string of the molecule is Cc1cncc(Oc2ccc(C(=O)N[C@@H]3C[C@H]4CC[C@@H]3N4)cc2)c1. The Kier molecular flexibility index (Phi) is 3.94. The van der Waals surface area contributed by atoms with E-state index in [1.165, 1.54) is 6.42 Å². The number of rotatable bonds is 4. The summed E-state index contributed by atoms with van der Waals surface area (Å²) < 4.78 is 5.76. The number of carbonyl (C=O) groups is 1. The van der Waals surface area contributed by atoms with Crippen molar-refractivity contribution in [1.82, 2.24) is 15.6 Å². The van der Waals surface area contributed by atoms with Crippen LogP contribution in [0.15, 0.2) is 42.7 Å². The number of hydrogen-bond acceptors (Lipinski definition) is 4. The monoisotopic (exact) mass is 323 g/mol. The molecule has 5 heteroatoms. The van der Waals surface area contributed by atoms with Crippen LogP contribution in [0.1, 0.15) is 35.2 Å². The predicted octanol–water partition coefficient (Wildman–Crippen LogP) is 2.81. The van der Waals surface area contributed by atoms with E-state index >= 15 is 0 Å². The van der Waals surface area contributed by atoms with Crippen molar-refractivity contribution in [3.63, 3.8) is 0 Å². The lowest BCUT2D eigenvalue weighted by Gasteiger charge is -2.21. The molecule has 1 aromatic carbocycles. The highest BCUT2D eigenvalue weighted by Gasteiger charge is 2.39. The molecule has 1 amide bonds. The van der Waals surface area contributed by atoms with Crippen molar-refractivity contribution in [1.29, 1.82) is 0 Å². The van der Waals surface area contributed by atoms with Crippen LogP contribution in [0.2, 0.25) is 0 Å². The Morgan fingerprint density at radius 2 is 2.04 bits per heavy atom. The number of aryl methyl sites for hydroxylation is 1. The fourth-order valence-electron chi connectivity index (χ4n) is 3.63. The molecule has 124 valence electrons. The third kappa shape index (κ3) is 3.12. The van der Waals surface area contributed by atoms with Gasteiger partial charge in [0.2, 0.25) is 0 Å². The van der Waals surface area contributed by atoms with Crippen molar-refractivity contribution in [2.75, 3.05) is 0 Å². The second-order valence-electron chi connectivity index (χ2n) is 6.69. The lowest BCUT2D eigenvalue weighted by molar-refractivity contribution is 0.0931. The van der Waals surface area contributed by atoms with E-state index in [-0.39, 0.29) is 11.9 Å². The van der Waals surface area contributed by atoms with Gasteiger partial charge in [-0.05, 0) is 62.1 Å². The van der Waals surface area contributed by atoms with Crippen LogP contribution < -0.4 is 15.4 Å². The molecular weight excluding hydrogens is 302 g/mol. The molecule has 3 atom stereocenters. The van der Waals surface area contributed by atoms with Crippen molar-refractivity contribution in [3.05, 3.63) is 53.9 Å². The molecular formula is C19H21N3O2. The first-order valence-corrected chi connectivity index (χ1v) is 8.44. The summed E-state index contributed by atoms with van der Waals surface area (Å²) >= 11 is 0. The summed E-state index contributed by atoms with van der Waals surface area (Å²) in [7, 11) is 0. The normalized spacial score (nSPS) is 24.8. The Morgan fingerprint density at radius 1 is 1.21 bits per heavy atom. The van der Waals surface area contributed by atoms with Crippen molar-refractivity contribution < 1.29 is 9.53 Å². The Balaban J connectivity index is 1.39. The predicted molar refractivity (Wildman–Crippen MR) is 91.3 cm³/mol. The third-order valence-electron chi connectivity index (χ3n) is 4.82. The van der Waals surface area contributed by atoms with Gasteiger partial charge in [0.05, 0.1) is 6.20 Å². The number of fused-ring (bicyclic) bond motifs is 2. The van der Waals surface area contributed by atoms with Gasteiger partial charge in [0.1, 0.15) is 11.5 Å². The summed E-state index contributed by atoms with van der Waals surface area (Å²) in [6, 6.07) is 10.4. The van der Waals surface area contributed by atoms with Gasteiger partial charge in [0, 0.05) is 29.9 Å². The molecule has 2 saturated heterocycles. The molecule has 2 aliphatic heterocycles. The van der Waals surface area contributed by atoms with Gasteiger partial charge in [-0.3, -0.25) is 9.78 Å². The van der Waals surface area contributed by atoms with Crippen LogP contribution in [0.25, 0.3) is 0 Å². The number of hydrogen-bond donors (Lipinski definition) is 2. The van der Waals surface area contributed by atoms with Gasteiger partial charge in [-0.25, -0.2) is 0 Å². The number of amides is 1. The first-order valence-electron chi connectivity index (χ1n) is 8.44. The van der Waals surface area contributed by atoms with E-state index in [0.29, 0.717) is 29.1 Å². The maximum Gasteiger partial charge on any atom is 0.251 e. The number of carbonyl (C=O) groups excluding carboxylic acids is 1. The second-order valence-corrected chi connectivity index (χ2v) is 6.69. The fraction of sp³-hybridized carbons (Fsp3) is 0.368. The first-order chi connectivity index (χ1) is 11.7. The van der Waals surface area contributed by atoms with E-state index in [0.717, 1.165) is 18.4 Å². The summed E-state index contributed by atoms with van der Waals surface area (Å²) in [5.74, 6) is 1.37. The van der Waals surface area contributed by atoms with Crippen LogP contribution in [0, 0.1) is 6.92 Å². The van der Waals surface area contributed by atoms with Gasteiger partial charge in [0.15, 0.2) is 0 Å². The molecule has 2 aliphatic rings. The largest absolute Gasteiger partial charge is 0.456 e. The first kappa shape index (κ1) is 15.1. The lowest BCUT2D eigenvalue weighted by atomic mass is 9.95. The van der Waals surface area contributed by atoms with E-state index < -0.39 is 0 Å².